The van der Waals surface area contributed by atoms with Crippen molar-refractivity contribution in [3.05, 3.63) is 27.7 Å². The second-order valence-electron chi connectivity index (χ2n) is 5.07. The Bertz CT molecular complexity index is 490. The molecular formula is C15H20BrNO3. The van der Waals surface area contributed by atoms with Crippen molar-refractivity contribution in [2.75, 3.05) is 6.61 Å². The Morgan fingerprint density at radius 1 is 1.55 bits per heavy atom. The van der Waals surface area contributed by atoms with Gasteiger partial charge in [0.05, 0.1) is 6.61 Å². The quantitative estimate of drug-likeness (QED) is 0.799. The summed E-state index contributed by atoms with van der Waals surface area (Å²) in [6.45, 7) is 3.29. The summed E-state index contributed by atoms with van der Waals surface area (Å²) in [6.07, 6.45) is 3.49. The van der Waals surface area contributed by atoms with E-state index in [0.717, 1.165) is 35.0 Å². The Kier molecular flexibility index (Phi) is 5.43. The first-order valence-electron chi connectivity index (χ1n) is 7.02. The van der Waals surface area contributed by atoms with Crippen LogP contribution in [-0.2, 0) is 17.8 Å². The Labute approximate surface area is 127 Å². The van der Waals surface area contributed by atoms with Gasteiger partial charge in [-0.3, -0.25) is 4.79 Å². The van der Waals surface area contributed by atoms with Crippen LogP contribution in [0.5, 0.6) is 5.75 Å². The number of hydrogen-bond donors (Lipinski definition) is 2. The van der Waals surface area contributed by atoms with E-state index in [9.17, 15) is 9.90 Å². The maximum absolute atomic E-state index is 11.2. The summed E-state index contributed by atoms with van der Waals surface area (Å²) in [7, 11) is 0. The smallest absolute Gasteiger partial charge is 0.320 e. The normalized spacial score (nSPS) is 14.7. The lowest BCUT2D eigenvalue weighted by atomic mass is 10.1. The highest BCUT2D eigenvalue weighted by atomic mass is 79.9. The molecule has 0 saturated heterocycles. The SMILES string of the molecule is CCCCC(NCc1cc(Br)cc2c1OCC2)C(=O)O. The summed E-state index contributed by atoms with van der Waals surface area (Å²) >= 11 is 3.49. The molecular weight excluding hydrogens is 322 g/mol. The molecule has 20 heavy (non-hydrogen) atoms. The molecule has 0 amide bonds. The van der Waals surface area contributed by atoms with Crippen molar-refractivity contribution in [3.63, 3.8) is 0 Å². The van der Waals surface area contributed by atoms with Gasteiger partial charge < -0.3 is 15.2 Å². The monoisotopic (exact) mass is 341 g/mol. The summed E-state index contributed by atoms with van der Waals surface area (Å²) in [6, 6.07) is 3.57. The van der Waals surface area contributed by atoms with Gasteiger partial charge in [-0.2, -0.15) is 0 Å². The maximum atomic E-state index is 11.2. The molecule has 0 fully saturated rings. The van der Waals surface area contributed by atoms with E-state index < -0.39 is 12.0 Å². The number of fused-ring (bicyclic) bond motifs is 1. The number of carboxylic acids is 1. The first kappa shape index (κ1) is 15.3. The van der Waals surface area contributed by atoms with E-state index in [2.05, 4.69) is 34.2 Å². The zero-order valence-corrected chi connectivity index (χ0v) is 13.2. The van der Waals surface area contributed by atoms with E-state index in [4.69, 9.17) is 4.74 Å². The Hall–Kier alpha value is -1.07. The molecule has 4 nitrogen and oxygen atoms in total. The average molecular weight is 342 g/mol. The largest absolute Gasteiger partial charge is 0.493 e. The molecule has 0 spiro atoms. The van der Waals surface area contributed by atoms with Gasteiger partial charge >= 0.3 is 5.97 Å². The molecule has 1 aliphatic rings. The van der Waals surface area contributed by atoms with Gasteiger partial charge in [-0.15, -0.1) is 0 Å². The molecule has 2 rings (SSSR count). The number of ether oxygens (including phenoxy) is 1. The molecule has 1 unspecified atom stereocenters. The Morgan fingerprint density at radius 2 is 2.35 bits per heavy atom. The van der Waals surface area contributed by atoms with Gasteiger partial charge in [-0.05, 0) is 24.1 Å². The molecule has 110 valence electrons. The van der Waals surface area contributed by atoms with Crippen LogP contribution in [0.15, 0.2) is 16.6 Å². The van der Waals surface area contributed by atoms with Gasteiger partial charge in [0, 0.05) is 23.0 Å². The van der Waals surface area contributed by atoms with Crippen LogP contribution in [-0.4, -0.2) is 23.7 Å². The lowest BCUT2D eigenvalue weighted by Crippen LogP contribution is -2.36. The number of nitrogens with one attached hydrogen (secondary N) is 1. The van der Waals surface area contributed by atoms with E-state index in [1.807, 2.05) is 6.07 Å². The third-order valence-corrected chi connectivity index (χ3v) is 3.97. The molecule has 1 aromatic rings. The van der Waals surface area contributed by atoms with Gasteiger partial charge in [-0.1, -0.05) is 35.7 Å². The lowest BCUT2D eigenvalue weighted by molar-refractivity contribution is -0.139. The van der Waals surface area contributed by atoms with Crippen LogP contribution in [0.2, 0.25) is 0 Å². The number of carbonyl (C=O) groups is 1. The molecule has 1 heterocycles. The molecule has 2 N–H and O–H groups in total. The standard InChI is InChI=1S/C15H20BrNO3/c1-2-3-4-13(15(18)19)17-9-11-8-12(16)7-10-5-6-20-14(10)11/h7-8,13,17H,2-6,9H2,1H3,(H,18,19). The minimum Gasteiger partial charge on any atom is -0.493 e. The van der Waals surface area contributed by atoms with Crippen molar-refractivity contribution in [1.82, 2.24) is 5.32 Å². The predicted molar refractivity (Wildman–Crippen MR) is 81.1 cm³/mol. The van der Waals surface area contributed by atoms with Crippen LogP contribution in [0.1, 0.15) is 37.3 Å². The Balaban J connectivity index is 2.04. The number of hydrogen-bond acceptors (Lipinski definition) is 3. The Morgan fingerprint density at radius 3 is 3.05 bits per heavy atom. The van der Waals surface area contributed by atoms with Crippen molar-refractivity contribution in [1.29, 1.82) is 0 Å². The third kappa shape index (κ3) is 3.73. The van der Waals surface area contributed by atoms with Gasteiger partial charge in [-0.25, -0.2) is 0 Å². The third-order valence-electron chi connectivity index (χ3n) is 3.51. The highest BCUT2D eigenvalue weighted by molar-refractivity contribution is 9.10. The van der Waals surface area contributed by atoms with Crippen LogP contribution in [0, 0.1) is 0 Å². The first-order chi connectivity index (χ1) is 9.61. The summed E-state index contributed by atoms with van der Waals surface area (Å²) in [5.74, 6) is 0.131. The van der Waals surface area contributed by atoms with Crippen LogP contribution in [0.4, 0.5) is 0 Å². The number of unbranched alkanes of at least 4 members (excludes halogenated alkanes) is 1. The zero-order chi connectivity index (χ0) is 14.5. The minimum atomic E-state index is -0.786. The predicted octanol–water partition coefficient (Wildman–Crippen LogP) is 3.12. The summed E-state index contributed by atoms with van der Waals surface area (Å²) in [4.78, 5) is 11.2. The lowest BCUT2D eigenvalue weighted by Gasteiger charge is -2.16. The van der Waals surface area contributed by atoms with Gasteiger partial charge in [0.25, 0.3) is 0 Å². The topological polar surface area (TPSA) is 58.6 Å². The number of rotatable bonds is 7. The second-order valence-corrected chi connectivity index (χ2v) is 5.98. The summed E-state index contributed by atoms with van der Waals surface area (Å²) < 4.78 is 6.66. The fourth-order valence-electron chi connectivity index (χ4n) is 2.43. The van der Waals surface area contributed by atoms with Crippen molar-refractivity contribution < 1.29 is 14.6 Å². The average Bonchev–Trinajstić information content (AvgIpc) is 2.86. The second kappa shape index (κ2) is 7.09. The van der Waals surface area contributed by atoms with Gasteiger partial charge in [0.15, 0.2) is 0 Å². The van der Waals surface area contributed by atoms with Crippen LogP contribution in [0.3, 0.4) is 0 Å². The maximum Gasteiger partial charge on any atom is 0.320 e. The number of carboxylic acid groups (broad SMARTS) is 1. The zero-order valence-electron chi connectivity index (χ0n) is 11.6. The summed E-state index contributed by atoms with van der Waals surface area (Å²) in [5, 5.41) is 12.3. The van der Waals surface area contributed by atoms with Crippen molar-refractivity contribution >= 4 is 21.9 Å². The molecule has 0 saturated carbocycles. The highest BCUT2D eigenvalue weighted by Gasteiger charge is 2.20. The molecule has 1 aromatic carbocycles. The molecule has 1 atom stereocenters. The van der Waals surface area contributed by atoms with Crippen LogP contribution in [0.25, 0.3) is 0 Å². The van der Waals surface area contributed by atoms with E-state index in [1.165, 1.54) is 5.56 Å². The number of aliphatic carboxylic acids is 1. The molecule has 0 aromatic heterocycles. The van der Waals surface area contributed by atoms with E-state index in [-0.39, 0.29) is 0 Å². The molecule has 0 aliphatic carbocycles. The minimum absolute atomic E-state index is 0.494. The van der Waals surface area contributed by atoms with Crippen molar-refractivity contribution in [2.24, 2.45) is 0 Å². The van der Waals surface area contributed by atoms with Crippen LogP contribution < -0.4 is 10.1 Å². The van der Waals surface area contributed by atoms with Gasteiger partial charge in [0.1, 0.15) is 11.8 Å². The molecule has 1 aliphatic heterocycles. The van der Waals surface area contributed by atoms with E-state index in [0.29, 0.717) is 19.6 Å². The van der Waals surface area contributed by atoms with E-state index >= 15 is 0 Å². The molecule has 0 radical (unpaired) electrons. The molecule has 0 bridgehead atoms. The van der Waals surface area contributed by atoms with E-state index in [1.54, 1.807) is 0 Å². The number of benzene rings is 1. The fraction of sp³-hybridized carbons (Fsp3) is 0.533. The van der Waals surface area contributed by atoms with Gasteiger partial charge in [0.2, 0.25) is 0 Å². The molecule has 5 heteroatoms. The highest BCUT2D eigenvalue weighted by Crippen LogP contribution is 2.32. The number of halogens is 1. The first-order valence-corrected chi connectivity index (χ1v) is 7.81. The van der Waals surface area contributed by atoms with Crippen molar-refractivity contribution in [2.45, 2.75) is 45.2 Å². The fourth-order valence-corrected chi connectivity index (χ4v) is 2.98. The van der Waals surface area contributed by atoms with Crippen molar-refractivity contribution in [3.8, 4) is 5.75 Å². The summed E-state index contributed by atoms with van der Waals surface area (Å²) in [5.41, 5.74) is 2.21. The van der Waals surface area contributed by atoms with Crippen LogP contribution >= 0.6 is 15.9 Å².